The smallest absolute Gasteiger partial charge is 0.334 e. The molecule has 4 aliphatic carbocycles. The molecule has 2 spiro atoms. The number of ether oxygens (including phenoxy) is 1. The highest BCUT2D eigenvalue weighted by atomic mass is 16.5. The molecule has 0 amide bonds. The minimum atomic E-state index is -1.44. The van der Waals surface area contributed by atoms with Crippen molar-refractivity contribution in [2.24, 2.45) is 33.4 Å². The highest BCUT2D eigenvalue weighted by Crippen LogP contribution is 2.76. The molecule has 2 bridgehead atoms. The van der Waals surface area contributed by atoms with Gasteiger partial charge in [0, 0.05) is 30.6 Å². The molecule has 176 valence electrons. The van der Waals surface area contributed by atoms with Gasteiger partial charge in [-0.2, -0.15) is 0 Å². The van der Waals surface area contributed by atoms with E-state index in [0.29, 0.717) is 24.2 Å². The number of hydrogen-bond donors (Lipinski definition) is 3. The zero-order valence-electron chi connectivity index (χ0n) is 19.3. The zero-order chi connectivity index (χ0) is 22.7. The van der Waals surface area contributed by atoms with Gasteiger partial charge >= 0.3 is 5.97 Å². The molecule has 3 saturated carbocycles. The van der Waals surface area contributed by atoms with Gasteiger partial charge in [0.05, 0.1) is 18.3 Å². The summed E-state index contributed by atoms with van der Waals surface area (Å²) in [5.41, 5.74) is 5.48. The molecule has 1 heterocycles. The van der Waals surface area contributed by atoms with Crippen LogP contribution in [0.4, 0.5) is 0 Å². The van der Waals surface area contributed by atoms with E-state index in [1.54, 1.807) is 7.05 Å². The summed E-state index contributed by atoms with van der Waals surface area (Å²) in [7, 11) is 1.70. The van der Waals surface area contributed by atoms with Gasteiger partial charge in [-0.25, -0.2) is 4.79 Å². The Morgan fingerprint density at radius 3 is 2.75 bits per heavy atom. The molecule has 0 saturated heterocycles. The molecular formula is C25H37N3O4. The van der Waals surface area contributed by atoms with E-state index in [2.05, 4.69) is 18.0 Å². The van der Waals surface area contributed by atoms with E-state index in [4.69, 9.17) is 10.5 Å². The maximum absolute atomic E-state index is 12.6. The average Bonchev–Trinajstić information content (AvgIpc) is 3.41. The number of rotatable bonds is 4. The van der Waals surface area contributed by atoms with Crippen molar-refractivity contribution in [1.82, 2.24) is 4.90 Å². The first-order valence-electron chi connectivity index (χ1n) is 12.2. The van der Waals surface area contributed by atoms with Crippen molar-refractivity contribution in [3.63, 3.8) is 0 Å². The van der Waals surface area contributed by atoms with Gasteiger partial charge in [0.1, 0.15) is 5.60 Å². The van der Waals surface area contributed by atoms with Crippen molar-refractivity contribution in [2.45, 2.75) is 76.4 Å². The van der Waals surface area contributed by atoms with Crippen LogP contribution in [0.2, 0.25) is 0 Å². The van der Waals surface area contributed by atoms with Crippen molar-refractivity contribution in [3.05, 3.63) is 23.4 Å². The van der Waals surface area contributed by atoms with Crippen molar-refractivity contribution in [2.75, 3.05) is 20.2 Å². The summed E-state index contributed by atoms with van der Waals surface area (Å²) >= 11 is 0. The lowest BCUT2D eigenvalue weighted by Crippen LogP contribution is -2.58. The Kier molecular flexibility index (Phi) is 5.21. The van der Waals surface area contributed by atoms with E-state index < -0.39 is 11.6 Å². The maximum atomic E-state index is 12.6. The van der Waals surface area contributed by atoms with E-state index in [0.717, 1.165) is 63.5 Å². The highest BCUT2D eigenvalue weighted by molar-refractivity contribution is 5.92. The standard InChI is InChI=1S/C25H37N3O4/c1-16-8-9-17-12-19-20(21(29)30)24(31,15-32-18-6-3-4-7-18)13-25(16,19)23(17)10-5-11-28(14-23)22(26)27-2/h5,11,16-18,31H,3-4,6-10,12-15H2,1-2H3,(H2,26,27)(H,29,30). The molecule has 7 heteroatoms. The van der Waals surface area contributed by atoms with Crippen LogP contribution in [-0.2, 0) is 9.53 Å². The molecule has 5 unspecified atom stereocenters. The van der Waals surface area contributed by atoms with Crippen molar-refractivity contribution < 1.29 is 19.7 Å². The number of aliphatic imine (C=N–C) groups is 1. The summed E-state index contributed by atoms with van der Waals surface area (Å²) in [5, 5.41) is 22.2. The summed E-state index contributed by atoms with van der Waals surface area (Å²) in [6.07, 6.45) is 12.8. The molecule has 0 aromatic rings. The fourth-order valence-electron chi connectivity index (χ4n) is 8.24. The zero-order valence-corrected chi connectivity index (χ0v) is 19.3. The van der Waals surface area contributed by atoms with E-state index in [-0.39, 0.29) is 29.1 Å². The first-order chi connectivity index (χ1) is 15.3. The number of allylic oxidation sites excluding steroid dienone is 2. The van der Waals surface area contributed by atoms with Crippen LogP contribution in [0.1, 0.15) is 64.7 Å². The first-order valence-corrected chi connectivity index (χ1v) is 12.2. The van der Waals surface area contributed by atoms with Crippen LogP contribution < -0.4 is 5.73 Å². The molecule has 3 fully saturated rings. The van der Waals surface area contributed by atoms with Crippen LogP contribution in [-0.4, -0.2) is 58.9 Å². The van der Waals surface area contributed by atoms with Gasteiger partial charge in [0.25, 0.3) is 0 Å². The Bertz CT molecular complexity index is 892. The summed E-state index contributed by atoms with van der Waals surface area (Å²) in [5.74, 6) is 0.179. The number of guanidine groups is 1. The molecule has 0 aromatic carbocycles. The largest absolute Gasteiger partial charge is 0.478 e. The molecular weight excluding hydrogens is 406 g/mol. The minimum absolute atomic E-state index is 0.0795. The number of carboxylic acids is 1. The second-order valence-corrected chi connectivity index (χ2v) is 10.9. The van der Waals surface area contributed by atoms with Crippen LogP contribution in [0.5, 0.6) is 0 Å². The van der Waals surface area contributed by atoms with E-state index >= 15 is 0 Å². The lowest BCUT2D eigenvalue weighted by Gasteiger charge is -2.58. The topological polar surface area (TPSA) is 108 Å². The van der Waals surface area contributed by atoms with E-state index in [1.165, 1.54) is 0 Å². The van der Waals surface area contributed by atoms with Gasteiger partial charge in [-0.15, -0.1) is 0 Å². The quantitative estimate of drug-likeness (QED) is 0.455. The van der Waals surface area contributed by atoms with Crippen LogP contribution >= 0.6 is 0 Å². The van der Waals surface area contributed by atoms with E-state index in [9.17, 15) is 15.0 Å². The van der Waals surface area contributed by atoms with Gasteiger partial charge in [0.15, 0.2) is 5.96 Å². The lowest BCUT2D eigenvalue weighted by atomic mass is 9.49. The summed E-state index contributed by atoms with van der Waals surface area (Å²) < 4.78 is 6.15. The fraction of sp³-hybridized carbons (Fsp3) is 0.760. The average molecular weight is 444 g/mol. The SMILES string of the molecule is CN=C(N)N1C=CCC2(C1)C1CCC(C)C23CC(O)(COC2CCCC2)C(C(=O)O)=C3C1. The molecule has 32 heavy (non-hydrogen) atoms. The first kappa shape index (κ1) is 22.0. The van der Waals surface area contributed by atoms with Gasteiger partial charge in [-0.3, -0.25) is 4.99 Å². The van der Waals surface area contributed by atoms with Crippen LogP contribution in [0.3, 0.4) is 0 Å². The molecule has 5 aliphatic rings. The predicted molar refractivity (Wildman–Crippen MR) is 122 cm³/mol. The van der Waals surface area contributed by atoms with Crippen LogP contribution in [0, 0.1) is 22.7 Å². The Hall–Kier alpha value is -1.86. The molecule has 5 rings (SSSR count). The molecule has 0 radical (unpaired) electrons. The third kappa shape index (κ3) is 2.86. The van der Waals surface area contributed by atoms with Gasteiger partial charge in [0.2, 0.25) is 0 Å². The predicted octanol–water partition coefficient (Wildman–Crippen LogP) is 3.05. The second kappa shape index (κ2) is 7.59. The fourth-order valence-corrected chi connectivity index (χ4v) is 8.24. The van der Waals surface area contributed by atoms with Gasteiger partial charge in [-0.05, 0) is 62.4 Å². The Labute approximate surface area is 190 Å². The summed E-state index contributed by atoms with van der Waals surface area (Å²) in [6.45, 7) is 3.06. The van der Waals surface area contributed by atoms with Crippen molar-refractivity contribution in [1.29, 1.82) is 0 Å². The Balaban J connectivity index is 1.58. The molecule has 1 aliphatic heterocycles. The molecule has 7 nitrogen and oxygen atoms in total. The number of aliphatic hydroxyl groups is 1. The Morgan fingerprint density at radius 2 is 2.06 bits per heavy atom. The van der Waals surface area contributed by atoms with E-state index in [1.807, 2.05) is 11.1 Å². The number of carboxylic acid groups (broad SMARTS) is 1. The van der Waals surface area contributed by atoms with Crippen LogP contribution in [0.15, 0.2) is 28.4 Å². The van der Waals surface area contributed by atoms with Crippen LogP contribution in [0.25, 0.3) is 0 Å². The molecule has 5 atom stereocenters. The number of aliphatic carboxylic acids is 1. The Morgan fingerprint density at radius 1 is 1.31 bits per heavy atom. The van der Waals surface area contributed by atoms with Crippen molar-refractivity contribution >= 4 is 11.9 Å². The van der Waals surface area contributed by atoms with Gasteiger partial charge in [-0.1, -0.05) is 25.8 Å². The van der Waals surface area contributed by atoms with Crippen molar-refractivity contribution in [3.8, 4) is 0 Å². The number of carbonyl (C=O) groups is 1. The highest BCUT2D eigenvalue weighted by Gasteiger charge is 2.73. The summed E-state index contributed by atoms with van der Waals surface area (Å²) in [4.78, 5) is 18.8. The second-order valence-electron chi connectivity index (χ2n) is 10.9. The number of nitrogens with zero attached hydrogens (tertiary/aromatic N) is 2. The minimum Gasteiger partial charge on any atom is -0.478 e. The third-order valence-corrected chi connectivity index (χ3v) is 9.60. The maximum Gasteiger partial charge on any atom is 0.334 e. The lowest BCUT2D eigenvalue weighted by molar-refractivity contribution is -0.139. The third-order valence-electron chi connectivity index (χ3n) is 9.60. The van der Waals surface area contributed by atoms with Gasteiger partial charge < -0.3 is 25.6 Å². The monoisotopic (exact) mass is 443 g/mol. The normalized spacial score (nSPS) is 41.7. The molecule has 0 aromatic heterocycles. The molecule has 4 N–H and O–H groups in total. The number of hydrogen-bond acceptors (Lipinski definition) is 4. The summed E-state index contributed by atoms with van der Waals surface area (Å²) in [6, 6.07) is 0. The number of nitrogens with two attached hydrogens (primary N) is 1.